The molecule has 1 heterocycles. The van der Waals surface area contributed by atoms with Crippen LogP contribution in [0.1, 0.15) is 39.7 Å². The summed E-state index contributed by atoms with van der Waals surface area (Å²) in [6.07, 6.45) is 3.00. The molecule has 1 aromatic heterocycles. The van der Waals surface area contributed by atoms with Gasteiger partial charge < -0.3 is 15.8 Å². The quantitative estimate of drug-likeness (QED) is 0.861. The Labute approximate surface area is 151 Å². The summed E-state index contributed by atoms with van der Waals surface area (Å²) in [7, 11) is 1.58. The molecule has 3 N–H and O–H groups in total. The minimum absolute atomic E-state index is 0.182. The Kier molecular flexibility index (Phi) is 5.08. The van der Waals surface area contributed by atoms with Crippen LogP contribution in [0.3, 0.4) is 0 Å². The second kappa shape index (κ2) is 7.27. The van der Waals surface area contributed by atoms with Crippen molar-refractivity contribution in [2.75, 3.05) is 12.4 Å². The van der Waals surface area contributed by atoms with Crippen LogP contribution in [0.15, 0.2) is 24.3 Å². The third-order valence-corrected chi connectivity index (χ3v) is 5.72. The molecule has 1 aliphatic rings. The summed E-state index contributed by atoms with van der Waals surface area (Å²) in [5.41, 5.74) is 7.90. The molecule has 2 amide bonds. The van der Waals surface area contributed by atoms with Gasteiger partial charge in [-0.2, -0.15) is 0 Å². The van der Waals surface area contributed by atoms with Crippen molar-refractivity contribution in [2.45, 2.75) is 32.6 Å². The van der Waals surface area contributed by atoms with Gasteiger partial charge in [-0.1, -0.05) is 25.1 Å². The van der Waals surface area contributed by atoms with Crippen molar-refractivity contribution in [3.05, 3.63) is 45.8 Å². The second-order valence-electron chi connectivity index (χ2n) is 6.46. The standard InChI is InChI=1S/C19H22N2O3S/c1-11-7-8-13-15(9-11)25-19(17(13)18(20)23)21-16(22)10-12-5-3-4-6-14(12)24-2/h3-6,11H,7-10H2,1-2H3,(H2,20,23)(H,21,22)/t11-/m0/s1. The van der Waals surface area contributed by atoms with E-state index in [2.05, 4.69) is 12.2 Å². The molecule has 0 unspecified atom stereocenters. The number of amides is 2. The van der Waals surface area contributed by atoms with E-state index in [0.717, 1.165) is 30.4 Å². The summed E-state index contributed by atoms with van der Waals surface area (Å²) in [5.74, 6) is 0.606. The molecule has 0 saturated carbocycles. The third kappa shape index (κ3) is 3.69. The van der Waals surface area contributed by atoms with Gasteiger partial charge in [0.15, 0.2) is 0 Å². The van der Waals surface area contributed by atoms with Crippen LogP contribution in [0.5, 0.6) is 5.75 Å². The Bertz CT molecular complexity index is 813. The first kappa shape index (κ1) is 17.5. The summed E-state index contributed by atoms with van der Waals surface area (Å²) in [6.45, 7) is 2.20. The van der Waals surface area contributed by atoms with Gasteiger partial charge in [-0.3, -0.25) is 9.59 Å². The number of para-hydroxylation sites is 1. The predicted octanol–water partition coefficient (Wildman–Crippen LogP) is 3.16. The average Bonchev–Trinajstić information content (AvgIpc) is 2.92. The lowest BCUT2D eigenvalue weighted by Gasteiger charge is -2.18. The van der Waals surface area contributed by atoms with Gasteiger partial charge in [0, 0.05) is 10.4 Å². The molecule has 2 aromatic rings. The number of fused-ring (bicyclic) bond motifs is 1. The average molecular weight is 358 g/mol. The van der Waals surface area contributed by atoms with Crippen LogP contribution in [0, 0.1) is 5.92 Å². The molecule has 1 atom stereocenters. The van der Waals surface area contributed by atoms with E-state index in [0.29, 0.717) is 22.2 Å². The van der Waals surface area contributed by atoms with E-state index in [1.54, 1.807) is 7.11 Å². The molecule has 25 heavy (non-hydrogen) atoms. The smallest absolute Gasteiger partial charge is 0.251 e. The van der Waals surface area contributed by atoms with E-state index in [-0.39, 0.29) is 12.3 Å². The molecule has 0 radical (unpaired) electrons. The van der Waals surface area contributed by atoms with Gasteiger partial charge in [-0.05, 0) is 36.8 Å². The normalized spacial score (nSPS) is 16.2. The maximum Gasteiger partial charge on any atom is 0.251 e. The minimum atomic E-state index is -0.473. The van der Waals surface area contributed by atoms with Crippen molar-refractivity contribution < 1.29 is 14.3 Å². The number of carbonyl (C=O) groups excluding carboxylic acids is 2. The summed E-state index contributed by atoms with van der Waals surface area (Å²) in [5, 5.41) is 3.46. The summed E-state index contributed by atoms with van der Waals surface area (Å²) < 4.78 is 5.28. The Balaban J connectivity index is 1.83. The predicted molar refractivity (Wildman–Crippen MR) is 99.4 cm³/mol. The fourth-order valence-corrected chi connectivity index (χ4v) is 4.72. The lowest BCUT2D eigenvalue weighted by molar-refractivity contribution is -0.115. The van der Waals surface area contributed by atoms with Gasteiger partial charge in [0.1, 0.15) is 10.8 Å². The molecule has 0 aliphatic heterocycles. The number of thiophene rings is 1. The first-order valence-corrected chi connectivity index (χ1v) is 9.17. The van der Waals surface area contributed by atoms with Crippen molar-refractivity contribution in [1.29, 1.82) is 0 Å². The molecule has 0 fully saturated rings. The fourth-order valence-electron chi connectivity index (χ4n) is 3.29. The minimum Gasteiger partial charge on any atom is -0.496 e. The monoisotopic (exact) mass is 358 g/mol. The molecular weight excluding hydrogens is 336 g/mol. The zero-order valence-corrected chi connectivity index (χ0v) is 15.2. The number of nitrogens with one attached hydrogen (secondary N) is 1. The maximum absolute atomic E-state index is 12.5. The Morgan fingerprint density at radius 2 is 2.12 bits per heavy atom. The van der Waals surface area contributed by atoms with Gasteiger partial charge in [-0.15, -0.1) is 11.3 Å². The van der Waals surface area contributed by atoms with Gasteiger partial charge in [0.25, 0.3) is 5.91 Å². The van der Waals surface area contributed by atoms with Crippen LogP contribution in [-0.4, -0.2) is 18.9 Å². The van der Waals surface area contributed by atoms with Crippen molar-refractivity contribution >= 4 is 28.2 Å². The first-order valence-electron chi connectivity index (χ1n) is 8.35. The van der Waals surface area contributed by atoms with Gasteiger partial charge >= 0.3 is 0 Å². The number of hydrogen-bond acceptors (Lipinski definition) is 4. The second-order valence-corrected chi connectivity index (χ2v) is 7.56. The molecule has 132 valence electrons. The number of benzene rings is 1. The molecule has 0 saturated heterocycles. The van der Waals surface area contributed by atoms with Crippen LogP contribution >= 0.6 is 11.3 Å². The summed E-state index contributed by atoms with van der Waals surface area (Å²) >= 11 is 1.48. The van der Waals surface area contributed by atoms with Crippen molar-refractivity contribution in [1.82, 2.24) is 0 Å². The number of nitrogens with two attached hydrogens (primary N) is 1. The molecule has 5 nitrogen and oxygen atoms in total. The number of carbonyl (C=O) groups is 2. The Morgan fingerprint density at radius 3 is 2.84 bits per heavy atom. The van der Waals surface area contributed by atoms with E-state index >= 15 is 0 Å². The highest BCUT2D eigenvalue weighted by atomic mass is 32.1. The number of methoxy groups -OCH3 is 1. The molecule has 0 spiro atoms. The van der Waals surface area contributed by atoms with E-state index in [4.69, 9.17) is 10.5 Å². The largest absolute Gasteiger partial charge is 0.496 e. The zero-order chi connectivity index (χ0) is 18.0. The number of primary amides is 1. The number of rotatable bonds is 5. The van der Waals surface area contributed by atoms with Crippen molar-refractivity contribution in [3.8, 4) is 5.75 Å². The number of hydrogen-bond donors (Lipinski definition) is 2. The topological polar surface area (TPSA) is 81.4 Å². The SMILES string of the molecule is COc1ccccc1CC(=O)Nc1sc2c(c1C(N)=O)CC[C@H](C)C2. The van der Waals surface area contributed by atoms with Gasteiger partial charge in [0.2, 0.25) is 5.91 Å². The molecule has 1 aliphatic carbocycles. The highest BCUT2D eigenvalue weighted by Crippen LogP contribution is 2.39. The summed E-state index contributed by atoms with van der Waals surface area (Å²) in [4.78, 5) is 25.6. The first-order chi connectivity index (χ1) is 12.0. The third-order valence-electron chi connectivity index (χ3n) is 4.55. The highest BCUT2D eigenvalue weighted by Gasteiger charge is 2.27. The number of ether oxygens (including phenoxy) is 1. The van der Waals surface area contributed by atoms with Crippen LogP contribution in [0.4, 0.5) is 5.00 Å². The lowest BCUT2D eigenvalue weighted by atomic mass is 9.88. The van der Waals surface area contributed by atoms with Crippen LogP contribution < -0.4 is 15.8 Å². The van der Waals surface area contributed by atoms with Crippen LogP contribution in [0.2, 0.25) is 0 Å². The molecule has 0 bridgehead atoms. The van der Waals surface area contributed by atoms with E-state index in [1.807, 2.05) is 24.3 Å². The van der Waals surface area contributed by atoms with E-state index in [9.17, 15) is 9.59 Å². The maximum atomic E-state index is 12.5. The number of anilines is 1. The molecule has 6 heteroatoms. The van der Waals surface area contributed by atoms with Crippen LogP contribution in [-0.2, 0) is 24.1 Å². The Hall–Kier alpha value is -2.34. The van der Waals surface area contributed by atoms with Crippen molar-refractivity contribution in [3.63, 3.8) is 0 Å². The summed E-state index contributed by atoms with van der Waals surface area (Å²) in [6, 6.07) is 7.41. The molecular formula is C19H22N2O3S. The van der Waals surface area contributed by atoms with Gasteiger partial charge in [0.05, 0.1) is 19.1 Å². The van der Waals surface area contributed by atoms with Gasteiger partial charge in [-0.25, -0.2) is 0 Å². The molecule has 1 aromatic carbocycles. The zero-order valence-electron chi connectivity index (χ0n) is 14.4. The molecule has 3 rings (SSSR count). The van der Waals surface area contributed by atoms with E-state index < -0.39 is 5.91 Å². The highest BCUT2D eigenvalue weighted by molar-refractivity contribution is 7.17. The Morgan fingerprint density at radius 1 is 1.36 bits per heavy atom. The lowest BCUT2D eigenvalue weighted by Crippen LogP contribution is -2.20. The van der Waals surface area contributed by atoms with Crippen LogP contribution in [0.25, 0.3) is 0 Å². The fraction of sp³-hybridized carbons (Fsp3) is 0.368. The van der Waals surface area contributed by atoms with E-state index in [1.165, 1.54) is 16.2 Å². The van der Waals surface area contributed by atoms with Crippen molar-refractivity contribution in [2.24, 2.45) is 11.7 Å².